The van der Waals surface area contributed by atoms with Crippen molar-refractivity contribution in [2.45, 2.75) is 40.2 Å². The summed E-state index contributed by atoms with van der Waals surface area (Å²) >= 11 is 0. The summed E-state index contributed by atoms with van der Waals surface area (Å²) in [5.41, 5.74) is 5.14. The maximum Gasteiger partial charge on any atom is 0.224 e. The van der Waals surface area contributed by atoms with Crippen molar-refractivity contribution in [1.82, 2.24) is 10.2 Å². The number of rotatable bonds is 6. The van der Waals surface area contributed by atoms with Gasteiger partial charge in [-0.15, -0.1) is 0 Å². The zero-order valence-electron chi connectivity index (χ0n) is 18.0. The fraction of sp³-hybridized carbons (Fsp3) is 0.458. The van der Waals surface area contributed by atoms with Crippen LogP contribution in [0.15, 0.2) is 36.4 Å². The van der Waals surface area contributed by atoms with Crippen molar-refractivity contribution in [1.29, 1.82) is 0 Å². The number of nitrogens with zero attached hydrogens (tertiary/aromatic N) is 2. The summed E-state index contributed by atoms with van der Waals surface area (Å²) in [5, 5.41) is 3.08. The number of hydrogen-bond donors (Lipinski definition) is 1. The monoisotopic (exact) mass is 397 g/mol. The third kappa shape index (κ3) is 5.36. The van der Waals surface area contributed by atoms with Gasteiger partial charge in [-0.2, -0.15) is 0 Å². The molecule has 0 aromatic heterocycles. The lowest BCUT2D eigenvalue weighted by Gasteiger charge is -2.37. The van der Waals surface area contributed by atoms with Gasteiger partial charge >= 0.3 is 0 Å². The number of aryl methyl sites for hydroxylation is 2. The van der Waals surface area contributed by atoms with E-state index in [1.54, 1.807) is 6.07 Å². The first-order valence-electron chi connectivity index (χ1n) is 10.5. The minimum Gasteiger partial charge on any atom is -0.369 e. The zero-order chi connectivity index (χ0) is 21.0. The van der Waals surface area contributed by atoms with Crippen LogP contribution in [0.2, 0.25) is 0 Å². The molecule has 1 unspecified atom stereocenters. The van der Waals surface area contributed by atoms with Crippen LogP contribution in [0.1, 0.15) is 42.1 Å². The Kier molecular flexibility index (Phi) is 6.91. The molecule has 29 heavy (non-hydrogen) atoms. The SMILES string of the molecule is CCN1CCN(c2ccc(F)cc2C(C)NC(=O)Cc2cc(C)ccc2C)CC1. The predicted molar refractivity (Wildman–Crippen MR) is 117 cm³/mol. The van der Waals surface area contributed by atoms with Gasteiger partial charge in [0.25, 0.3) is 0 Å². The molecule has 1 aliphatic rings. The second-order valence-electron chi connectivity index (χ2n) is 8.02. The fourth-order valence-corrected chi connectivity index (χ4v) is 4.00. The van der Waals surface area contributed by atoms with Gasteiger partial charge in [-0.05, 0) is 56.6 Å². The molecule has 0 saturated carbocycles. The Bertz CT molecular complexity index is 859. The Morgan fingerprint density at radius 2 is 1.83 bits per heavy atom. The molecule has 1 fully saturated rings. The average molecular weight is 398 g/mol. The lowest BCUT2D eigenvalue weighted by atomic mass is 10.0. The van der Waals surface area contributed by atoms with Gasteiger partial charge in [0, 0.05) is 37.4 Å². The van der Waals surface area contributed by atoms with Crippen LogP contribution in [0.4, 0.5) is 10.1 Å². The van der Waals surface area contributed by atoms with E-state index >= 15 is 0 Å². The number of nitrogens with one attached hydrogen (secondary N) is 1. The lowest BCUT2D eigenvalue weighted by Crippen LogP contribution is -2.46. The molecule has 1 saturated heterocycles. The van der Waals surface area contributed by atoms with Gasteiger partial charge in [-0.25, -0.2) is 4.39 Å². The van der Waals surface area contributed by atoms with Crippen LogP contribution in [0.25, 0.3) is 0 Å². The number of likely N-dealkylation sites (N-methyl/N-ethyl adjacent to an activating group) is 1. The molecule has 0 bridgehead atoms. The number of anilines is 1. The van der Waals surface area contributed by atoms with E-state index in [0.29, 0.717) is 6.42 Å². The largest absolute Gasteiger partial charge is 0.369 e. The van der Waals surface area contributed by atoms with Crippen LogP contribution in [0.3, 0.4) is 0 Å². The second-order valence-corrected chi connectivity index (χ2v) is 8.02. The molecule has 4 nitrogen and oxygen atoms in total. The van der Waals surface area contributed by atoms with Gasteiger partial charge < -0.3 is 15.1 Å². The highest BCUT2D eigenvalue weighted by Gasteiger charge is 2.22. The average Bonchev–Trinajstić information content (AvgIpc) is 2.70. The number of halogens is 1. The highest BCUT2D eigenvalue weighted by Crippen LogP contribution is 2.28. The van der Waals surface area contributed by atoms with Crippen molar-refractivity contribution in [3.63, 3.8) is 0 Å². The first kappa shape index (κ1) is 21.3. The number of carbonyl (C=O) groups is 1. The first-order chi connectivity index (χ1) is 13.9. The summed E-state index contributed by atoms with van der Waals surface area (Å²) in [4.78, 5) is 17.4. The zero-order valence-corrected chi connectivity index (χ0v) is 18.0. The van der Waals surface area contributed by atoms with Crippen molar-refractivity contribution >= 4 is 11.6 Å². The van der Waals surface area contributed by atoms with Gasteiger partial charge in [0.2, 0.25) is 5.91 Å². The van der Waals surface area contributed by atoms with E-state index in [2.05, 4.69) is 34.2 Å². The maximum atomic E-state index is 14.0. The summed E-state index contributed by atoms with van der Waals surface area (Å²) < 4.78 is 14.0. The summed E-state index contributed by atoms with van der Waals surface area (Å²) in [6.07, 6.45) is 0.331. The Balaban J connectivity index is 1.73. The number of hydrogen-bond acceptors (Lipinski definition) is 3. The van der Waals surface area contributed by atoms with Crippen molar-refractivity contribution in [2.24, 2.45) is 0 Å². The predicted octanol–water partition coefficient (Wildman–Crippen LogP) is 4.00. The maximum absolute atomic E-state index is 14.0. The molecule has 2 aromatic carbocycles. The number of carbonyl (C=O) groups excluding carboxylic acids is 1. The van der Waals surface area contributed by atoms with Gasteiger partial charge in [-0.3, -0.25) is 4.79 Å². The van der Waals surface area contributed by atoms with Crippen molar-refractivity contribution in [3.05, 3.63) is 64.5 Å². The summed E-state index contributed by atoms with van der Waals surface area (Å²) in [6, 6.07) is 10.8. The lowest BCUT2D eigenvalue weighted by molar-refractivity contribution is -0.121. The molecule has 0 spiro atoms. The first-order valence-corrected chi connectivity index (χ1v) is 10.5. The summed E-state index contributed by atoms with van der Waals surface area (Å²) in [5.74, 6) is -0.316. The van der Waals surface area contributed by atoms with Crippen LogP contribution in [-0.2, 0) is 11.2 Å². The summed E-state index contributed by atoms with van der Waals surface area (Å²) in [6.45, 7) is 13.0. The van der Waals surface area contributed by atoms with E-state index in [4.69, 9.17) is 0 Å². The minimum atomic E-state index is -0.272. The molecule has 1 heterocycles. The Hall–Kier alpha value is -2.40. The van der Waals surface area contributed by atoms with Gasteiger partial charge in [-0.1, -0.05) is 30.7 Å². The fourth-order valence-electron chi connectivity index (χ4n) is 4.00. The number of piperazine rings is 1. The Labute approximate surface area is 173 Å². The highest BCUT2D eigenvalue weighted by atomic mass is 19.1. The molecule has 1 N–H and O–H groups in total. The molecule has 0 aliphatic carbocycles. The molecule has 3 rings (SSSR count). The van der Waals surface area contributed by atoms with Crippen LogP contribution >= 0.6 is 0 Å². The van der Waals surface area contributed by atoms with E-state index in [0.717, 1.165) is 60.7 Å². The molecule has 1 atom stereocenters. The molecule has 1 aliphatic heterocycles. The van der Waals surface area contributed by atoms with E-state index in [1.807, 2.05) is 32.9 Å². The molecule has 1 amide bonds. The molecular formula is C24H32FN3O. The van der Waals surface area contributed by atoms with E-state index in [9.17, 15) is 9.18 Å². The van der Waals surface area contributed by atoms with Gasteiger partial charge in [0.1, 0.15) is 5.82 Å². The standard InChI is InChI=1S/C24H32FN3O/c1-5-27-10-12-28(13-11-27)23-9-8-21(25)16-22(23)19(4)26-24(29)15-20-14-17(2)6-7-18(20)3/h6-9,14,16,19H,5,10-13,15H2,1-4H3,(H,26,29). The van der Waals surface area contributed by atoms with E-state index in [1.165, 1.54) is 6.07 Å². The second kappa shape index (κ2) is 9.40. The Morgan fingerprint density at radius 1 is 1.10 bits per heavy atom. The third-order valence-corrected chi connectivity index (χ3v) is 5.85. The normalized spacial score (nSPS) is 16.0. The quantitative estimate of drug-likeness (QED) is 0.800. The molecule has 0 radical (unpaired) electrons. The van der Waals surface area contributed by atoms with Crippen molar-refractivity contribution in [2.75, 3.05) is 37.6 Å². The summed E-state index contributed by atoms with van der Waals surface area (Å²) in [7, 11) is 0. The third-order valence-electron chi connectivity index (χ3n) is 5.85. The van der Waals surface area contributed by atoms with Crippen LogP contribution in [-0.4, -0.2) is 43.5 Å². The molecule has 2 aromatic rings. The van der Waals surface area contributed by atoms with Gasteiger partial charge in [0.05, 0.1) is 12.5 Å². The molecule has 156 valence electrons. The number of benzene rings is 2. The smallest absolute Gasteiger partial charge is 0.224 e. The van der Waals surface area contributed by atoms with Crippen LogP contribution in [0.5, 0.6) is 0 Å². The minimum absolute atomic E-state index is 0.0442. The van der Waals surface area contributed by atoms with Crippen molar-refractivity contribution in [3.8, 4) is 0 Å². The van der Waals surface area contributed by atoms with Crippen molar-refractivity contribution < 1.29 is 9.18 Å². The number of amides is 1. The molecule has 5 heteroatoms. The van der Waals surface area contributed by atoms with Crippen LogP contribution in [0, 0.1) is 19.7 Å². The topological polar surface area (TPSA) is 35.6 Å². The highest BCUT2D eigenvalue weighted by molar-refractivity contribution is 5.79. The van der Waals surface area contributed by atoms with E-state index in [-0.39, 0.29) is 17.8 Å². The van der Waals surface area contributed by atoms with Gasteiger partial charge in [0.15, 0.2) is 0 Å². The van der Waals surface area contributed by atoms with E-state index < -0.39 is 0 Å². The van der Waals surface area contributed by atoms with Crippen LogP contribution < -0.4 is 10.2 Å². The Morgan fingerprint density at radius 3 is 2.52 bits per heavy atom. The molecular weight excluding hydrogens is 365 g/mol.